The third kappa shape index (κ3) is 9.45. The first-order valence-corrected chi connectivity index (χ1v) is 21.5. The number of benzene rings is 3. The number of carbonyl (C=O) groups excluding carboxylic acids is 4. The molecule has 5 aromatic rings. The predicted molar refractivity (Wildman–Crippen MR) is 233 cm³/mol. The third-order valence-corrected chi connectivity index (χ3v) is 12.6. The minimum absolute atomic E-state index is 0.0249. The zero-order valence-corrected chi connectivity index (χ0v) is 34.6. The van der Waals surface area contributed by atoms with Crippen LogP contribution in [0, 0.1) is 0 Å². The zero-order chi connectivity index (χ0) is 41.6. The van der Waals surface area contributed by atoms with Crippen LogP contribution in [0.15, 0.2) is 82.0 Å². The first-order valence-electron chi connectivity index (χ1n) is 20.7. The summed E-state index contributed by atoms with van der Waals surface area (Å²) < 4.78 is 19.9. The molecule has 5 heterocycles. The standard InChI is InChI=1S/C45H50N6O8S/c1-30(15-17-51-40(55)13-14-41(51)56)58-25-5-10-38(53)46-16-18-48-19-21-49(22-20-48)29-39(54)47-35-12-11-32(45-43(35)34-6-2-3-9-37(34)60-45)31-7-4-8-33-36(52)28-42(59-44(31)33)50-23-26-57-27-24-50/h2-4,6-9,11-14,28,30H,5,10,15-27,29H2,1H3,(H,46,53)(H,47,54). The monoisotopic (exact) mass is 834 g/mol. The molecule has 3 aliphatic rings. The van der Waals surface area contributed by atoms with Crippen LogP contribution < -0.4 is 21.0 Å². The number of piperazine rings is 1. The maximum atomic E-state index is 13.6. The summed E-state index contributed by atoms with van der Waals surface area (Å²) in [4.78, 5) is 70.5. The van der Waals surface area contributed by atoms with Crippen LogP contribution in [-0.2, 0) is 28.7 Å². The Balaban J connectivity index is 0.829. The van der Waals surface area contributed by atoms with Gasteiger partial charge in [0.2, 0.25) is 11.8 Å². The van der Waals surface area contributed by atoms with Crippen molar-refractivity contribution >= 4 is 77.7 Å². The highest BCUT2D eigenvalue weighted by Crippen LogP contribution is 2.45. The molecule has 2 N–H and O–H groups in total. The zero-order valence-electron chi connectivity index (χ0n) is 33.8. The van der Waals surface area contributed by atoms with Crippen molar-refractivity contribution in [1.82, 2.24) is 20.0 Å². The van der Waals surface area contributed by atoms with E-state index in [-0.39, 0.29) is 41.7 Å². The highest BCUT2D eigenvalue weighted by atomic mass is 32.1. The Morgan fingerprint density at radius 1 is 0.833 bits per heavy atom. The minimum Gasteiger partial charge on any atom is -0.440 e. The summed E-state index contributed by atoms with van der Waals surface area (Å²) in [6, 6.07) is 19.4. The van der Waals surface area contributed by atoms with Crippen LogP contribution in [0.3, 0.4) is 0 Å². The predicted octanol–water partition coefficient (Wildman–Crippen LogP) is 4.84. The van der Waals surface area contributed by atoms with Crippen molar-refractivity contribution in [3.63, 3.8) is 0 Å². The third-order valence-electron chi connectivity index (χ3n) is 11.3. The lowest BCUT2D eigenvalue weighted by Crippen LogP contribution is -2.50. The number of para-hydroxylation sites is 1. The number of imide groups is 1. The molecule has 2 fully saturated rings. The average Bonchev–Trinajstić information content (AvgIpc) is 3.81. The number of hydrogen-bond acceptors (Lipinski definition) is 12. The van der Waals surface area contributed by atoms with Crippen molar-refractivity contribution in [2.75, 3.05) is 95.5 Å². The van der Waals surface area contributed by atoms with Gasteiger partial charge in [-0.1, -0.05) is 36.4 Å². The lowest BCUT2D eigenvalue weighted by atomic mass is 9.99. The Morgan fingerprint density at radius 3 is 2.38 bits per heavy atom. The van der Waals surface area contributed by atoms with Crippen molar-refractivity contribution in [3.05, 3.63) is 83.0 Å². The van der Waals surface area contributed by atoms with Crippen LogP contribution in [0.4, 0.5) is 11.6 Å². The molecule has 0 bridgehead atoms. The van der Waals surface area contributed by atoms with Crippen molar-refractivity contribution in [2.24, 2.45) is 0 Å². The lowest BCUT2D eigenvalue weighted by Gasteiger charge is -2.34. The SMILES string of the molecule is CC(CCN1C(=O)C=CC1=O)OCCCC(=O)NCCN1CCN(CC(=O)Nc2ccc(-c3cccc4c(=O)cc(N5CCOCC5)oc34)c3sc4ccccc4c23)CC1. The summed E-state index contributed by atoms with van der Waals surface area (Å²) in [7, 11) is 0. The van der Waals surface area contributed by atoms with Crippen LogP contribution >= 0.6 is 11.3 Å². The summed E-state index contributed by atoms with van der Waals surface area (Å²) in [5.41, 5.74) is 2.96. The van der Waals surface area contributed by atoms with Gasteiger partial charge in [0.25, 0.3) is 11.8 Å². The number of nitrogens with zero attached hydrogens (tertiary/aromatic N) is 4. The largest absolute Gasteiger partial charge is 0.440 e. The van der Waals surface area contributed by atoms with Gasteiger partial charge in [-0.25, -0.2) is 0 Å². The van der Waals surface area contributed by atoms with Gasteiger partial charge in [0.15, 0.2) is 11.3 Å². The van der Waals surface area contributed by atoms with Crippen LogP contribution in [0.25, 0.3) is 42.3 Å². The molecule has 1 atom stereocenters. The van der Waals surface area contributed by atoms with E-state index in [2.05, 4.69) is 32.6 Å². The maximum absolute atomic E-state index is 13.6. The fourth-order valence-corrected chi connectivity index (χ4v) is 9.29. The van der Waals surface area contributed by atoms with E-state index in [1.54, 1.807) is 23.5 Å². The number of thiophene rings is 1. The number of fused-ring (bicyclic) bond motifs is 4. The van der Waals surface area contributed by atoms with Crippen molar-refractivity contribution < 1.29 is 33.1 Å². The number of amides is 4. The summed E-state index contributed by atoms with van der Waals surface area (Å²) in [5, 5.41) is 8.76. The van der Waals surface area contributed by atoms with Gasteiger partial charge in [0.1, 0.15) is 5.58 Å². The number of ether oxygens (including phenoxy) is 2. The second-order valence-corrected chi connectivity index (χ2v) is 16.5. The molecule has 15 heteroatoms. The summed E-state index contributed by atoms with van der Waals surface area (Å²) in [6.45, 7) is 9.69. The summed E-state index contributed by atoms with van der Waals surface area (Å²) in [5.74, 6) is -0.157. The summed E-state index contributed by atoms with van der Waals surface area (Å²) in [6.07, 6.45) is 3.90. The molecule has 0 radical (unpaired) electrons. The fourth-order valence-electron chi connectivity index (χ4n) is 8.03. The van der Waals surface area contributed by atoms with E-state index in [0.717, 1.165) is 69.7 Å². The van der Waals surface area contributed by atoms with Crippen LogP contribution in [0.1, 0.15) is 26.2 Å². The number of rotatable bonds is 16. The number of hydrogen-bond donors (Lipinski definition) is 2. The number of anilines is 2. The molecule has 2 aromatic heterocycles. The Morgan fingerprint density at radius 2 is 1.58 bits per heavy atom. The molecule has 0 saturated carbocycles. The van der Waals surface area contributed by atoms with E-state index in [1.165, 1.54) is 17.1 Å². The second-order valence-electron chi connectivity index (χ2n) is 15.4. The van der Waals surface area contributed by atoms with Crippen molar-refractivity contribution in [3.8, 4) is 11.1 Å². The minimum atomic E-state index is -0.293. The Hall–Kier alpha value is -5.45. The average molecular weight is 835 g/mol. The summed E-state index contributed by atoms with van der Waals surface area (Å²) >= 11 is 1.66. The van der Waals surface area contributed by atoms with Gasteiger partial charge in [-0.2, -0.15) is 0 Å². The lowest BCUT2D eigenvalue weighted by molar-refractivity contribution is -0.137. The topological polar surface area (TPSA) is 154 Å². The van der Waals surface area contributed by atoms with Gasteiger partial charge in [0, 0.05) is 121 Å². The Kier molecular flexibility index (Phi) is 13.0. The van der Waals surface area contributed by atoms with Gasteiger partial charge < -0.3 is 29.4 Å². The van der Waals surface area contributed by atoms with Crippen LogP contribution in [0.5, 0.6) is 0 Å². The van der Waals surface area contributed by atoms with Crippen molar-refractivity contribution in [1.29, 1.82) is 0 Å². The molecular weight excluding hydrogens is 785 g/mol. The smallest absolute Gasteiger partial charge is 0.253 e. The van der Waals surface area contributed by atoms with E-state index in [9.17, 15) is 24.0 Å². The molecule has 60 heavy (non-hydrogen) atoms. The maximum Gasteiger partial charge on any atom is 0.253 e. The molecule has 1 unspecified atom stereocenters. The normalized spacial score (nSPS) is 17.0. The second kappa shape index (κ2) is 18.9. The molecule has 3 aromatic carbocycles. The van der Waals surface area contributed by atoms with E-state index >= 15 is 0 Å². The van der Waals surface area contributed by atoms with Crippen molar-refractivity contribution in [2.45, 2.75) is 32.3 Å². The van der Waals surface area contributed by atoms with E-state index in [1.807, 2.05) is 48.2 Å². The molecule has 0 spiro atoms. The highest BCUT2D eigenvalue weighted by Gasteiger charge is 2.25. The molecule has 0 aliphatic carbocycles. The number of carbonyl (C=O) groups is 4. The van der Waals surface area contributed by atoms with E-state index < -0.39 is 0 Å². The molecular formula is C45H50N6O8S. The van der Waals surface area contributed by atoms with Gasteiger partial charge in [-0.3, -0.25) is 38.7 Å². The Labute approximate surface area is 351 Å². The van der Waals surface area contributed by atoms with Gasteiger partial charge in [-0.05, 0) is 38.0 Å². The molecule has 14 nitrogen and oxygen atoms in total. The molecule has 314 valence electrons. The first-order chi connectivity index (χ1) is 29.2. The number of morpholine rings is 1. The van der Waals surface area contributed by atoms with Crippen LogP contribution in [0.2, 0.25) is 0 Å². The van der Waals surface area contributed by atoms with Gasteiger partial charge in [0.05, 0.1) is 36.9 Å². The fraction of sp³-hybridized carbons (Fsp3) is 0.400. The van der Waals surface area contributed by atoms with E-state index in [4.69, 9.17) is 13.9 Å². The quantitative estimate of drug-likeness (QED) is 0.104. The number of nitrogens with one attached hydrogen (secondary N) is 2. The van der Waals surface area contributed by atoms with Gasteiger partial charge in [-0.15, -0.1) is 11.3 Å². The van der Waals surface area contributed by atoms with Crippen LogP contribution in [-0.4, -0.2) is 130 Å². The first kappa shape index (κ1) is 41.3. The molecule has 4 amide bonds. The highest BCUT2D eigenvalue weighted by molar-refractivity contribution is 7.26. The van der Waals surface area contributed by atoms with E-state index in [0.29, 0.717) is 82.1 Å². The van der Waals surface area contributed by atoms with Gasteiger partial charge >= 0.3 is 0 Å². The molecule has 8 rings (SSSR count). The molecule has 2 saturated heterocycles. The molecule has 3 aliphatic heterocycles. The Bertz CT molecular complexity index is 2470.